The highest BCUT2D eigenvalue weighted by Crippen LogP contribution is 2.33. The molecule has 2 aromatic carbocycles. The second-order valence-electron chi connectivity index (χ2n) is 5.69. The van der Waals surface area contributed by atoms with Gasteiger partial charge in [-0.05, 0) is 49.0 Å². The lowest BCUT2D eigenvalue weighted by Crippen LogP contribution is -2.51. The fourth-order valence-corrected chi connectivity index (χ4v) is 2.88. The number of benzene rings is 2. The van der Waals surface area contributed by atoms with Gasteiger partial charge in [-0.25, -0.2) is 4.39 Å². The summed E-state index contributed by atoms with van der Waals surface area (Å²) in [5.74, 6) is 0.0312. The Morgan fingerprint density at radius 2 is 2.08 bits per heavy atom. The number of amides is 1. The van der Waals surface area contributed by atoms with Crippen LogP contribution in [-0.2, 0) is 4.79 Å². The number of carbonyl (C=O) groups excluding carboxylic acids is 1. The van der Waals surface area contributed by atoms with Crippen LogP contribution in [0.4, 0.5) is 15.8 Å². The summed E-state index contributed by atoms with van der Waals surface area (Å²) in [5, 5.41) is 5.98. The fourth-order valence-electron chi connectivity index (χ4n) is 2.59. The SMILES string of the molecule is CNC(=O)[C@@H]1CN(C(=S)Nc2ccc(C)c(F)c2)c2ccccc2O1. The van der Waals surface area contributed by atoms with E-state index < -0.39 is 6.10 Å². The quantitative estimate of drug-likeness (QED) is 0.808. The van der Waals surface area contributed by atoms with Crippen molar-refractivity contribution in [2.75, 3.05) is 23.8 Å². The largest absolute Gasteiger partial charge is 0.477 e. The van der Waals surface area contributed by atoms with Gasteiger partial charge in [0.05, 0.1) is 12.2 Å². The van der Waals surface area contributed by atoms with Crippen molar-refractivity contribution in [3.63, 3.8) is 0 Å². The first kappa shape index (κ1) is 17.2. The molecule has 0 fully saturated rings. The Bertz CT molecular complexity index is 828. The van der Waals surface area contributed by atoms with Gasteiger partial charge in [0.15, 0.2) is 11.2 Å². The first-order valence-electron chi connectivity index (χ1n) is 7.81. The van der Waals surface area contributed by atoms with E-state index >= 15 is 0 Å². The van der Waals surface area contributed by atoms with Crippen LogP contribution in [0, 0.1) is 12.7 Å². The molecule has 2 aromatic rings. The number of hydrogen-bond donors (Lipinski definition) is 2. The molecule has 0 bridgehead atoms. The molecule has 25 heavy (non-hydrogen) atoms. The lowest BCUT2D eigenvalue weighted by atomic mass is 10.2. The summed E-state index contributed by atoms with van der Waals surface area (Å²) in [6, 6.07) is 12.2. The van der Waals surface area contributed by atoms with Crippen LogP contribution in [0.15, 0.2) is 42.5 Å². The third-order valence-electron chi connectivity index (χ3n) is 3.98. The summed E-state index contributed by atoms with van der Waals surface area (Å²) in [6.45, 7) is 1.96. The van der Waals surface area contributed by atoms with E-state index in [1.165, 1.54) is 6.07 Å². The Balaban J connectivity index is 1.87. The molecule has 0 aromatic heterocycles. The van der Waals surface area contributed by atoms with E-state index in [2.05, 4.69) is 10.6 Å². The van der Waals surface area contributed by atoms with E-state index in [1.807, 2.05) is 18.2 Å². The Morgan fingerprint density at radius 1 is 1.32 bits per heavy atom. The summed E-state index contributed by atoms with van der Waals surface area (Å²) in [7, 11) is 1.56. The molecule has 0 spiro atoms. The average molecular weight is 359 g/mol. The van der Waals surface area contributed by atoms with Crippen LogP contribution in [-0.4, -0.2) is 30.7 Å². The zero-order valence-electron chi connectivity index (χ0n) is 13.9. The Hall–Kier alpha value is -2.67. The molecule has 1 atom stereocenters. The molecule has 0 saturated carbocycles. The van der Waals surface area contributed by atoms with E-state index in [0.29, 0.717) is 22.1 Å². The van der Waals surface area contributed by atoms with Crippen molar-refractivity contribution >= 4 is 34.6 Å². The number of ether oxygens (including phenoxy) is 1. The van der Waals surface area contributed by atoms with E-state index in [-0.39, 0.29) is 18.3 Å². The van der Waals surface area contributed by atoms with Crippen molar-refractivity contribution in [3.05, 3.63) is 53.8 Å². The fraction of sp³-hybridized carbons (Fsp3) is 0.222. The Morgan fingerprint density at radius 3 is 2.80 bits per heavy atom. The lowest BCUT2D eigenvalue weighted by molar-refractivity contribution is -0.127. The van der Waals surface area contributed by atoms with Gasteiger partial charge in [-0.1, -0.05) is 18.2 Å². The smallest absolute Gasteiger partial charge is 0.262 e. The molecule has 130 valence electrons. The minimum absolute atomic E-state index is 0.233. The molecule has 5 nitrogen and oxygen atoms in total. The monoisotopic (exact) mass is 359 g/mol. The van der Waals surface area contributed by atoms with Crippen LogP contribution in [0.5, 0.6) is 5.75 Å². The van der Waals surface area contributed by atoms with Gasteiger partial charge in [-0.2, -0.15) is 0 Å². The van der Waals surface area contributed by atoms with E-state index in [9.17, 15) is 9.18 Å². The first-order valence-corrected chi connectivity index (χ1v) is 8.22. The number of anilines is 2. The van der Waals surface area contributed by atoms with Gasteiger partial charge in [-0.15, -0.1) is 0 Å². The van der Waals surface area contributed by atoms with Crippen molar-refractivity contribution in [3.8, 4) is 5.75 Å². The highest BCUT2D eigenvalue weighted by molar-refractivity contribution is 7.80. The molecule has 0 aliphatic carbocycles. The van der Waals surface area contributed by atoms with Gasteiger partial charge >= 0.3 is 0 Å². The van der Waals surface area contributed by atoms with Gasteiger partial charge in [0, 0.05) is 12.7 Å². The van der Waals surface area contributed by atoms with Gasteiger partial charge in [0.1, 0.15) is 11.6 Å². The number of nitrogens with zero attached hydrogens (tertiary/aromatic N) is 1. The van der Waals surface area contributed by atoms with Gasteiger partial charge < -0.3 is 20.3 Å². The predicted molar refractivity (Wildman–Crippen MR) is 99.6 cm³/mol. The maximum Gasteiger partial charge on any atom is 0.262 e. The van der Waals surface area contributed by atoms with Crippen LogP contribution in [0.3, 0.4) is 0 Å². The molecule has 1 heterocycles. The Labute approximate surface area is 150 Å². The summed E-state index contributed by atoms with van der Waals surface area (Å²) < 4.78 is 19.5. The normalized spacial score (nSPS) is 15.8. The standard InChI is InChI=1S/C18H18FN3O2S/c1-11-7-8-12(9-13(11)19)21-18(25)22-10-16(17(23)20-2)24-15-6-4-3-5-14(15)22/h3-9,16H,10H2,1-2H3,(H,20,23)(H,21,25)/t16-/m0/s1. The summed E-state index contributed by atoms with van der Waals surface area (Å²) >= 11 is 5.49. The van der Waals surface area contributed by atoms with Crippen molar-refractivity contribution in [1.29, 1.82) is 0 Å². The summed E-state index contributed by atoms with van der Waals surface area (Å²) in [4.78, 5) is 13.8. The van der Waals surface area contributed by atoms with E-state index in [0.717, 1.165) is 5.69 Å². The maximum atomic E-state index is 13.8. The van der Waals surface area contributed by atoms with Gasteiger partial charge in [0.2, 0.25) is 0 Å². The minimum Gasteiger partial charge on any atom is -0.477 e. The zero-order valence-corrected chi connectivity index (χ0v) is 14.7. The summed E-state index contributed by atoms with van der Waals surface area (Å²) in [6.07, 6.45) is -0.686. The number of rotatable bonds is 2. The van der Waals surface area contributed by atoms with Crippen LogP contribution in [0.1, 0.15) is 5.56 Å². The molecule has 0 saturated heterocycles. The van der Waals surface area contributed by atoms with Crippen molar-refractivity contribution in [1.82, 2.24) is 5.32 Å². The van der Waals surface area contributed by atoms with E-state index in [1.54, 1.807) is 37.1 Å². The van der Waals surface area contributed by atoms with Crippen molar-refractivity contribution < 1.29 is 13.9 Å². The molecule has 1 amide bonds. The minimum atomic E-state index is -0.686. The predicted octanol–water partition coefficient (Wildman–Crippen LogP) is 2.84. The third kappa shape index (κ3) is 3.56. The number of para-hydroxylation sites is 2. The van der Waals surface area contributed by atoms with Crippen molar-refractivity contribution in [2.45, 2.75) is 13.0 Å². The Kier molecular flexibility index (Phi) is 4.85. The van der Waals surface area contributed by atoms with Gasteiger partial charge in [0.25, 0.3) is 5.91 Å². The number of hydrogen-bond acceptors (Lipinski definition) is 3. The first-order chi connectivity index (χ1) is 12.0. The molecular weight excluding hydrogens is 341 g/mol. The number of likely N-dealkylation sites (N-methyl/N-ethyl adjacent to an activating group) is 1. The van der Waals surface area contributed by atoms with Crippen LogP contribution >= 0.6 is 12.2 Å². The third-order valence-corrected chi connectivity index (χ3v) is 4.30. The molecule has 0 unspecified atom stereocenters. The highest BCUT2D eigenvalue weighted by Gasteiger charge is 2.32. The molecule has 7 heteroatoms. The number of thiocarbonyl (C=S) groups is 1. The number of nitrogens with one attached hydrogen (secondary N) is 2. The molecule has 2 N–H and O–H groups in total. The highest BCUT2D eigenvalue weighted by atomic mass is 32.1. The average Bonchev–Trinajstić information content (AvgIpc) is 2.63. The second-order valence-corrected chi connectivity index (χ2v) is 6.08. The molecule has 1 aliphatic rings. The van der Waals surface area contributed by atoms with Crippen LogP contribution in [0.25, 0.3) is 0 Å². The lowest BCUT2D eigenvalue weighted by Gasteiger charge is -2.35. The molecule has 1 aliphatic heterocycles. The van der Waals surface area contributed by atoms with Crippen molar-refractivity contribution in [2.24, 2.45) is 0 Å². The summed E-state index contributed by atoms with van der Waals surface area (Å²) in [5.41, 5.74) is 1.87. The number of halogens is 1. The zero-order chi connectivity index (χ0) is 18.0. The maximum absolute atomic E-state index is 13.8. The number of aryl methyl sites for hydroxylation is 1. The molecular formula is C18H18FN3O2S. The number of carbonyl (C=O) groups is 1. The van der Waals surface area contributed by atoms with E-state index in [4.69, 9.17) is 17.0 Å². The number of fused-ring (bicyclic) bond motifs is 1. The van der Waals surface area contributed by atoms with Crippen LogP contribution < -0.4 is 20.3 Å². The second kappa shape index (κ2) is 7.06. The molecule has 3 rings (SSSR count). The van der Waals surface area contributed by atoms with Crippen LogP contribution in [0.2, 0.25) is 0 Å². The molecule has 0 radical (unpaired) electrons. The van der Waals surface area contributed by atoms with Gasteiger partial charge in [-0.3, -0.25) is 4.79 Å². The topological polar surface area (TPSA) is 53.6 Å².